The zero-order chi connectivity index (χ0) is 75.2. The van der Waals surface area contributed by atoms with Gasteiger partial charge in [0.1, 0.15) is 11.5 Å². The summed E-state index contributed by atoms with van der Waals surface area (Å²) in [6, 6.07) is 135. The number of para-hydroxylation sites is 1. The number of nitrogens with zero attached hydrogens (tertiary/aromatic N) is 2. The first-order valence-electron chi connectivity index (χ1n) is 40.0. The van der Waals surface area contributed by atoms with Crippen LogP contribution in [0.15, 0.2) is 377 Å². The molecule has 0 N–H and O–H groups in total. The monoisotopic (exact) mass is 1450 g/mol. The Balaban J connectivity index is 0.678. The third-order valence-electron chi connectivity index (χ3n) is 23.8. The standard InChI is InChI=1S/C108H90N2O2/c1-3-77-41-61-93(62-42-77)111-71-27-7-5-25-69-107(87-31-15-10-16-32-87)101-39-23-21-37-95(101)97-65-51-85(75-103(97)107)81-47-57-91(58-48-81)109(90-55-45-80(46-56-90)84-54-68-106-100(74-84)99-73-83(79-29-13-9-14-30-79)53-67-105(99)110(106)89-35-19-12-20-36-89)92-59-49-82(50-60-92)86-52-66-98-96-38-22-24-40-102(96)108(104(98)76-86,88-33-17-11-18-34-88)70-26-6-8-28-72-112-94-63-43-78(4-2)44-64-94/h3-4,9-24,29-68,73-76H,1-2,5-8,25-28,69-72H2. The van der Waals surface area contributed by atoms with Crippen LogP contribution in [0.2, 0.25) is 0 Å². The van der Waals surface area contributed by atoms with Crippen LogP contribution in [0.1, 0.15) is 109 Å². The number of aromatic nitrogens is 1. The van der Waals surface area contributed by atoms with E-state index in [1.807, 2.05) is 36.4 Å². The van der Waals surface area contributed by atoms with Crippen LogP contribution >= 0.6 is 0 Å². The molecule has 0 bridgehead atoms. The summed E-state index contributed by atoms with van der Waals surface area (Å²) >= 11 is 0. The summed E-state index contributed by atoms with van der Waals surface area (Å²) in [4.78, 5) is 2.43. The van der Waals surface area contributed by atoms with Gasteiger partial charge in [-0.2, -0.15) is 0 Å². The minimum absolute atomic E-state index is 0.312. The molecule has 1 aromatic heterocycles. The van der Waals surface area contributed by atoms with E-state index in [1.54, 1.807) is 0 Å². The Kier molecular flexibility index (Phi) is 19.9. The zero-order valence-electron chi connectivity index (χ0n) is 63.4. The number of hydrogen-bond acceptors (Lipinski definition) is 3. The number of anilines is 3. The third kappa shape index (κ3) is 13.5. The SMILES string of the molecule is C=Cc1ccc(OCCCCCCC2(c3ccccc3)c3ccccc3-c3ccc(-c4ccc(N(c5ccc(-c6ccc7c(c6)C(CCCCCCOc6ccc(C=C)cc6)(c6ccccc6)c6ccccc6-7)cc5)c5ccc(-c6ccc7c(c6)c6cc(-c8ccccc8)ccc6n7-c6ccccc6)cc5)cc4)cc32)cc1. The predicted molar refractivity (Wildman–Crippen MR) is 471 cm³/mol. The van der Waals surface area contributed by atoms with Crippen LogP contribution in [0.25, 0.3) is 106 Å². The average molecular weight is 1450 g/mol. The van der Waals surface area contributed by atoms with Crippen molar-refractivity contribution in [1.29, 1.82) is 0 Å². The van der Waals surface area contributed by atoms with E-state index in [2.05, 4.69) is 362 Å². The highest BCUT2D eigenvalue weighted by Crippen LogP contribution is 2.58. The molecule has 4 heteroatoms. The zero-order valence-corrected chi connectivity index (χ0v) is 63.4. The van der Waals surface area contributed by atoms with E-state index >= 15 is 0 Å². The summed E-state index contributed by atoms with van der Waals surface area (Å²) < 4.78 is 14.8. The van der Waals surface area contributed by atoms with Crippen LogP contribution in [0, 0.1) is 0 Å². The maximum absolute atomic E-state index is 6.19. The van der Waals surface area contributed by atoms with E-state index in [0.29, 0.717) is 13.2 Å². The first kappa shape index (κ1) is 70.6. The highest BCUT2D eigenvalue weighted by atomic mass is 16.5. The molecule has 0 amide bonds. The first-order chi connectivity index (χ1) is 55.4. The largest absolute Gasteiger partial charge is 0.494 e. The Bertz CT molecular complexity index is 5760. The average Bonchev–Trinajstić information content (AvgIpc) is 1.56. The van der Waals surface area contributed by atoms with Crippen LogP contribution in [0.5, 0.6) is 11.5 Å². The molecule has 2 aliphatic carbocycles. The Morgan fingerprint density at radius 1 is 0.277 bits per heavy atom. The van der Waals surface area contributed by atoms with Crippen molar-refractivity contribution >= 4 is 51.0 Å². The van der Waals surface area contributed by atoms with E-state index < -0.39 is 0 Å². The minimum atomic E-state index is -0.312. The molecule has 0 radical (unpaired) electrons. The normalized spacial score (nSPS) is 14.5. The summed E-state index contributed by atoms with van der Waals surface area (Å²) in [5, 5.41) is 2.45. The third-order valence-corrected chi connectivity index (χ3v) is 23.8. The van der Waals surface area contributed by atoms with E-state index in [1.165, 1.54) is 116 Å². The van der Waals surface area contributed by atoms with E-state index in [9.17, 15) is 0 Å². The molecule has 544 valence electrons. The van der Waals surface area contributed by atoms with Gasteiger partial charge in [0, 0.05) is 44.4 Å². The highest BCUT2D eigenvalue weighted by molar-refractivity contribution is 6.12. The van der Waals surface area contributed by atoms with Crippen molar-refractivity contribution in [2.24, 2.45) is 0 Å². The molecule has 4 nitrogen and oxygen atoms in total. The lowest BCUT2D eigenvalue weighted by Crippen LogP contribution is -2.27. The van der Waals surface area contributed by atoms with Crippen LogP contribution in [0.4, 0.5) is 17.1 Å². The highest BCUT2D eigenvalue weighted by Gasteiger charge is 2.46. The van der Waals surface area contributed by atoms with Crippen LogP contribution < -0.4 is 14.4 Å². The number of hydrogen-bond donors (Lipinski definition) is 0. The lowest BCUT2D eigenvalue weighted by atomic mass is 9.69. The maximum atomic E-state index is 6.19. The molecule has 2 unspecified atom stereocenters. The Labute approximate surface area is 659 Å². The summed E-state index contributed by atoms with van der Waals surface area (Å²) in [5.41, 5.74) is 31.3. The molecule has 2 atom stereocenters. The molecule has 0 aliphatic heterocycles. The van der Waals surface area contributed by atoms with Crippen molar-refractivity contribution in [3.05, 3.63) is 422 Å². The summed E-state index contributed by atoms with van der Waals surface area (Å²) in [6.45, 7) is 9.22. The second-order valence-corrected chi connectivity index (χ2v) is 30.2. The van der Waals surface area contributed by atoms with Gasteiger partial charge in [-0.1, -0.05) is 319 Å². The molecule has 0 saturated heterocycles. The predicted octanol–water partition coefficient (Wildman–Crippen LogP) is 28.9. The van der Waals surface area contributed by atoms with Gasteiger partial charge in [-0.3, -0.25) is 0 Å². The fraction of sp³-hybridized carbons (Fsp3) is 0.130. The lowest BCUT2D eigenvalue weighted by Gasteiger charge is -2.33. The van der Waals surface area contributed by atoms with Crippen molar-refractivity contribution in [3.8, 4) is 83.9 Å². The van der Waals surface area contributed by atoms with Gasteiger partial charge in [0.25, 0.3) is 0 Å². The van der Waals surface area contributed by atoms with E-state index in [-0.39, 0.29) is 10.8 Å². The summed E-state index contributed by atoms with van der Waals surface area (Å²) in [7, 11) is 0. The molecule has 1 heterocycles. The molecule has 16 aromatic rings. The van der Waals surface area contributed by atoms with Crippen molar-refractivity contribution in [1.82, 2.24) is 4.57 Å². The van der Waals surface area contributed by atoms with E-state index in [4.69, 9.17) is 9.47 Å². The second-order valence-electron chi connectivity index (χ2n) is 30.2. The van der Waals surface area contributed by atoms with Gasteiger partial charge in [0.2, 0.25) is 0 Å². The van der Waals surface area contributed by atoms with Gasteiger partial charge in [-0.15, -0.1) is 0 Å². The van der Waals surface area contributed by atoms with Crippen LogP contribution in [-0.2, 0) is 10.8 Å². The molecule has 112 heavy (non-hydrogen) atoms. The first-order valence-corrected chi connectivity index (χ1v) is 40.0. The van der Waals surface area contributed by atoms with Gasteiger partial charge in [-0.05, 0) is 246 Å². The quantitative estimate of drug-likeness (QED) is 0.0457. The minimum Gasteiger partial charge on any atom is -0.494 e. The van der Waals surface area contributed by atoms with E-state index in [0.717, 1.165) is 115 Å². The fourth-order valence-corrected chi connectivity index (χ4v) is 18.2. The topological polar surface area (TPSA) is 26.6 Å². The second kappa shape index (κ2) is 31.5. The number of benzene rings is 15. The molecule has 0 spiro atoms. The van der Waals surface area contributed by atoms with Gasteiger partial charge < -0.3 is 18.9 Å². The Hall–Kier alpha value is -13.0. The molecule has 0 saturated carbocycles. The number of unbranched alkanes of at least 4 members (excludes halogenated alkanes) is 6. The Morgan fingerprint density at radius 3 is 1.02 bits per heavy atom. The molecular weight excluding hydrogens is 1360 g/mol. The van der Waals surface area contributed by atoms with Crippen molar-refractivity contribution < 1.29 is 9.47 Å². The van der Waals surface area contributed by atoms with Crippen molar-refractivity contribution in [2.75, 3.05) is 18.1 Å². The number of ether oxygens (including phenoxy) is 2. The summed E-state index contributed by atoms with van der Waals surface area (Å²) in [6.07, 6.45) is 14.4. The van der Waals surface area contributed by atoms with Gasteiger partial charge in [-0.25, -0.2) is 0 Å². The molecule has 2 aliphatic rings. The lowest BCUT2D eigenvalue weighted by molar-refractivity contribution is 0.303. The molecular formula is C108H90N2O2. The summed E-state index contributed by atoms with van der Waals surface area (Å²) in [5.74, 6) is 1.82. The molecule has 0 fully saturated rings. The molecule has 15 aromatic carbocycles. The van der Waals surface area contributed by atoms with Crippen molar-refractivity contribution in [3.63, 3.8) is 0 Å². The Morgan fingerprint density at radius 2 is 0.607 bits per heavy atom. The fourth-order valence-electron chi connectivity index (χ4n) is 18.2. The molecule has 18 rings (SSSR count). The number of rotatable bonds is 28. The van der Waals surface area contributed by atoms with Crippen molar-refractivity contribution in [2.45, 2.75) is 75.0 Å². The maximum Gasteiger partial charge on any atom is 0.119 e. The van der Waals surface area contributed by atoms with Crippen LogP contribution in [0.3, 0.4) is 0 Å². The van der Waals surface area contributed by atoms with Gasteiger partial charge >= 0.3 is 0 Å². The van der Waals surface area contributed by atoms with Crippen LogP contribution in [-0.4, -0.2) is 17.8 Å². The van der Waals surface area contributed by atoms with Gasteiger partial charge in [0.05, 0.1) is 24.2 Å². The van der Waals surface area contributed by atoms with Gasteiger partial charge in [0.15, 0.2) is 0 Å². The number of fused-ring (bicyclic) bond motifs is 9. The smallest absolute Gasteiger partial charge is 0.119 e.